The van der Waals surface area contributed by atoms with Gasteiger partial charge in [0.1, 0.15) is 12.1 Å². The molecule has 2 amide bonds. The molecule has 0 saturated heterocycles. The summed E-state index contributed by atoms with van der Waals surface area (Å²) in [7, 11) is 0. The van der Waals surface area contributed by atoms with Crippen molar-refractivity contribution in [3.63, 3.8) is 0 Å². The van der Waals surface area contributed by atoms with Crippen LogP contribution in [-0.2, 0) is 19.2 Å². The summed E-state index contributed by atoms with van der Waals surface area (Å²) in [6.45, 7) is 10.8. The molecule has 0 bridgehead atoms. The van der Waals surface area contributed by atoms with E-state index in [1.54, 1.807) is 0 Å². The number of aliphatic carboxylic acids is 2. The van der Waals surface area contributed by atoms with Crippen LogP contribution in [0.2, 0.25) is 0 Å². The zero-order valence-electron chi connectivity index (χ0n) is 17.7. The van der Waals surface area contributed by atoms with E-state index in [2.05, 4.69) is 10.6 Å². The Hall–Kier alpha value is -2.20. The maximum Gasteiger partial charge on any atom is 0.326 e. The van der Waals surface area contributed by atoms with Crippen molar-refractivity contribution in [2.45, 2.75) is 66.5 Å². The van der Waals surface area contributed by atoms with Gasteiger partial charge in [-0.15, -0.1) is 0 Å². The molecule has 2 atom stereocenters. The first-order valence-corrected chi connectivity index (χ1v) is 9.09. The molecule has 0 fully saturated rings. The minimum absolute atomic E-state index is 0.0972. The van der Waals surface area contributed by atoms with Crippen LogP contribution in [0.25, 0.3) is 0 Å². The van der Waals surface area contributed by atoms with E-state index in [0.717, 1.165) is 0 Å². The highest BCUT2D eigenvalue weighted by atomic mass is 16.4. The lowest BCUT2D eigenvalue weighted by Gasteiger charge is -2.14. The molecular weight excluding hydrogens is 370 g/mol. The van der Waals surface area contributed by atoms with Gasteiger partial charge in [-0.05, 0) is 24.7 Å². The lowest BCUT2D eigenvalue weighted by atomic mass is 10.0. The highest BCUT2D eigenvalue weighted by molar-refractivity contribution is 5.82. The van der Waals surface area contributed by atoms with Crippen LogP contribution in [0.4, 0.5) is 0 Å². The van der Waals surface area contributed by atoms with Crippen molar-refractivity contribution in [2.24, 2.45) is 17.6 Å². The summed E-state index contributed by atoms with van der Waals surface area (Å²) in [6.07, 6.45) is 0.934. The number of carbonyl (C=O) groups is 4. The van der Waals surface area contributed by atoms with E-state index < -0.39 is 24.0 Å². The summed E-state index contributed by atoms with van der Waals surface area (Å²) in [4.78, 5) is 42.2. The molecule has 0 heterocycles. The molecule has 0 radical (unpaired) electrons. The summed E-state index contributed by atoms with van der Waals surface area (Å²) in [5.41, 5.74) is 4.78. The summed E-state index contributed by atoms with van der Waals surface area (Å²) >= 11 is 0. The molecule has 0 rings (SSSR count). The van der Waals surface area contributed by atoms with Crippen LogP contribution in [-0.4, -0.2) is 64.3 Å². The maximum atomic E-state index is 10.6. The van der Waals surface area contributed by atoms with Crippen LogP contribution < -0.4 is 16.4 Å². The van der Waals surface area contributed by atoms with Crippen LogP contribution in [0.15, 0.2) is 0 Å². The highest BCUT2D eigenvalue weighted by Gasteiger charge is 2.19. The Kier molecular flexibility index (Phi) is 19.8. The summed E-state index contributed by atoms with van der Waals surface area (Å²) in [6, 6.07) is -1.50. The second-order valence-corrected chi connectivity index (χ2v) is 6.95. The minimum Gasteiger partial charge on any atom is -0.480 e. The third kappa shape index (κ3) is 23.8. The molecule has 7 N–H and O–H groups in total. The Morgan fingerprint density at radius 1 is 0.786 bits per heavy atom. The zero-order valence-corrected chi connectivity index (χ0v) is 17.7. The largest absolute Gasteiger partial charge is 0.480 e. The third-order valence-electron chi connectivity index (χ3n) is 2.89. The molecule has 10 heteroatoms. The molecule has 0 aliphatic carbocycles. The Balaban J connectivity index is -0.000000375. The normalized spacial score (nSPS) is 11.9. The smallest absolute Gasteiger partial charge is 0.326 e. The van der Waals surface area contributed by atoms with Crippen molar-refractivity contribution in [3.05, 3.63) is 0 Å². The molecule has 0 spiro atoms. The SMILES string of the molecule is CC(=O)NC(CC(C)C)C(=O)O.CC(=O)NC(CC(C)C)C(=O)O.NCCO. The first kappa shape index (κ1) is 30.5. The van der Waals surface area contributed by atoms with Crippen molar-refractivity contribution < 1.29 is 34.5 Å². The Morgan fingerprint density at radius 3 is 1.14 bits per heavy atom. The van der Waals surface area contributed by atoms with E-state index in [4.69, 9.17) is 21.1 Å². The fourth-order valence-corrected chi connectivity index (χ4v) is 1.88. The van der Waals surface area contributed by atoms with Crippen molar-refractivity contribution in [1.82, 2.24) is 10.6 Å². The van der Waals surface area contributed by atoms with Gasteiger partial charge in [0.15, 0.2) is 0 Å². The fraction of sp³-hybridized carbons (Fsp3) is 0.778. The van der Waals surface area contributed by atoms with Gasteiger partial charge in [0, 0.05) is 20.4 Å². The molecule has 10 nitrogen and oxygen atoms in total. The van der Waals surface area contributed by atoms with E-state index >= 15 is 0 Å². The van der Waals surface area contributed by atoms with E-state index in [9.17, 15) is 19.2 Å². The van der Waals surface area contributed by atoms with Gasteiger partial charge < -0.3 is 31.7 Å². The topological polar surface area (TPSA) is 179 Å². The van der Waals surface area contributed by atoms with Crippen molar-refractivity contribution in [1.29, 1.82) is 0 Å². The Bertz CT molecular complexity index is 426. The molecular formula is C18H37N3O7. The molecule has 0 aromatic heterocycles. The molecule has 2 unspecified atom stereocenters. The van der Waals surface area contributed by atoms with Crippen LogP contribution in [0.1, 0.15) is 54.4 Å². The van der Waals surface area contributed by atoms with Crippen molar-refractivity contribution >= 4 is 23.8 Å². The van der Waals surface area contributed by atoms with E-state index in [1.165, 1.54) is 13.8 Å². The number of rotatable bonds is 9. The van der Waals surface area contributed by atoms with Gasteiger partial charge in [-0.25, -0.2) is 9.59 Å². The van der Waals surface area contributed by atoms with Crippen molar-refractivity contribution in [3.8, 4) is 0 Å². The van der Waals surface area contributed by atoms with Gasteiger partial charge >= 0.3 is 11.9 Å². The van der Waals surface area contributed by atoms with E-state index in [1.807, 2.05) is 27.7 Å². The lowest BCUT2D eigenvalue weighted by molar-refractivity contribution is -0.142. The van der Waals surface area contributed by atoms with E-state index in [0.29, 0.717) is 19.4 Å². The van der Waals surface area contributed by atoms with Crippen molar-refractivity contribution in [2.75, 3.05) is 13.2 Å². The third-order valence-corrected chi connectivity index (χ3v) is 2.89. The summed E-state index contributed by atoms with van der Waals surface area (Å²) in [5.74, 6) is -2.03. The number of aliphatic hydroxyl groups is 1. The van der Waals surface area contributed by atoms with Crippen LogP contribution in [0.5, 0.6) is 0 Å². The average molecular weight is 408 g/mol. The Morgan fingerprint density at radius 2 is 1.04 bits per heavy atom. The van der Waals surface area contributed by atoms with Gasteiger partial charge in [-0.3, -0.25) is 9.59 Å². The lowest BCUT2D eigenvalue weighted by Crippen LogP contribution is -2.40. The number of hydrogen-bond acceptors (Lipinski definition) is 6. The summed E-state index contributed by atoms with van der Waals surface area (Å²) < 4.78 is 0. The number of carbonyl (C=O) groups excluding carboxylic acids is 2. The van der Waals surface area contributed by atoms with Crippen LogP contribution in [0, 0.1) is 11.8 Å². The molecule has 166 valence electrons. The zero-order chi connectivity index (χ0) is 22.9. The predicted molar refractivity (Wildman–Crippen MR) is 106 cm³/mol. The Labute approximate surface area is 166 Å². The van der Waals surface area contributed by atoms with Gasteiger partial charge in [-0.2, -0.15) is 0 Å². The van der Waals surface area contributed by atoms with Crippen LogP contribution in [0.3, 0.4) is 0 Å². The first-order chi connectivity index (χ1) is 12.8. The number of hydrogen-bond donors (Lipinski definition) is 6. The quantitative estimate of drug-likeness (QED) is 0.313. The molecule has 0 aliphatic rings. The predicted octanol–water partition coefficient (Wildman–Crippen LogP) is 0.181. The van der Waals surface area contributed by atoms with Gasteiger partial charge in [0.05, 0.1) is 6.61 Å². The molecule has 0 aliphatic heterocycles. The van der Waals surface area contributed by atoms with Gasteiger partial charge in [0.25, 0.3) is 0 Å². The number of nitrogens with one attached hydrogen (secondary N) is 2. The number of carboxylic acid groups (broad SMARTS) is 2. The van der Waals surface area contributed by atoms with E-state index in [-0.39, 0.29) is 30.3 Å². The second kappa shape index (κ2) is 18.2. The number of carboxylic acids is 2. The molecule has 0 saturated carbocycles. The van der Waals surface area contributed by atoms with Gasteiger partial charge in [0.2, 0.25) is 11.8 Å². The number of amides is 2. The minimum atomic E-state index is -0.973. The molecule has 28 heavy (non-hydrogen) atoms. The first-order valence-electron chi connectivity index (χ1n) is 9.09. The maximum absolute atomic E-state index is 10.6. The average Bonchev–Trinajstić information content (AvgIpc) is 2.52. The standard InChI is InChI=1S/2C8H15NO3.C2H7NO/c2*1-5(2)4-7(8(11)12)9-6(3)10;3-1-2-4/h2*5,7H,4H2,1-3H3,(H,9,10)(H,11,12);4H,1-3H2. The monoisotopic (exact) mass is 407 g/mol. The molecule has 0 aromatic rings. The number of aliphatic hydroxyl groups excluding tert-OH is 1. The second-order valence-electron chi connectivity index (χ2n) is 6.95. The van der Waals surface area contributed by atoms with Crippen LogP contribution >= 0.6 is 0 Å². The van der Waals surface area contributed by atoms with Gasteiger partial charge in [-0.1, -0.05) is 27.7 Å². The fourth-order valence-electron chi connectivity index (χ4n) is 1.88. The molecule has 0 aromatic carbocycles. The highest BCUT2D eigenvalue weighted by Crippen LogP contribution is 2.05. The summed E-state index contributed by atoms with van der Waals surface area (Å²) in [5, 5.41) is 29.8. The number of nitrogens with two attached hydrogens (primary N) is 1.